The number of hydrogen-bond donors (Lipinski definition) is 0. The number of halogens is 1. The van der Waals surface area contributed by atoms with Crippen molar-refractivity contribution in [1.82, 2.24) is 9.55 Å². The van der Waals surface area contributed by atoms with Gasteiger partial charge in [0.15, 0.2) is 5.78 Å². The highest BCUT2D eigenvalue weighted by Gasteiger charge is 2.14. The molecular formula is C15H15IN2O3. The zero-order chi connectivity index (χ0) is 15.4. The first-order valence-electron chi connectivity index (χ1n) is 6.51. The minimum absolute atomic E-state index is 0.0494. The van der Waals surface area contributed by atoms with Crippen LogP contribution in [0.25, 0.3) is 0 Å². The first kappa shape index (κ1) is 15.7. The highest BCUT2D eigenvalue weighted by atomic mass is 127. The second-order valence-electron chi connectivity index (χ2n) is 4.43. The van der Waals surface area contributed by atoms with Gasteiger partial charge < -0.3 is 4.74 Å². The number of rotatable bonds is 5. The molecule has 1 aromatic carbocycles. The van der Waals surface area contributed by atoms with Gasteiger partial charge in [-0.2, -0.15) is 0 Å². The van der Waals surface area contributed by atoms with E-state index < -0.39 is 0 Å². The molecule has 1 aromatic heterocycles. The van der Waals surface area contributed by atoms with Crippen molar-refractivity contribution >= 4 is 28.4 Å². The van der Waals surface area contributed by atoms with Crippen LogP contribution in [0.1, 0.15) is 23.0 Å². The zero-order valence-electron chi connectivity index (χ0n) is 11.8. The topological polar surface area (TPSA) is 61.2 Å². The Labute approximate surface area is 136 Å². The van der Waals surface area contributed by atoms with Crippen molar-refractivity contribution < 1.29 is 9.53 Å². The molecule has 0 N–H and O–H groups in total. The minimum Gasteiger partial charge on any atom is -0.493 e. The van der Waals surface area contributed by atoms with Crippen molar-refractivity contribution in [1.29, 1.82) is 0 Å². The summed E-state index contributed by atoms with van der Waals surface area (Å²) in [5.74, 6) is 0.357. The van der Waals surface area contributed by atoms with E-state index in [0.717, 1.165) is 0 Å². The van der Waals surface area contributed by atoms with Crippen LogP contribution in [0, 0.1) is 10.5 Å². The van der Waals surface area contributed by atoms with Crippen molar-refractivity contribution in [3.63, 3.8) is 0 Å². The van der Waals surface area contributed by atoms with Gasteiger partial charge in [-0.15, -0.1) is 0 Å². The fraction of sp³-hybridized carbons (Fsp3) is 0.267. The monoisotopic (exact) mass is 398 g/mol. The minimum atomic E-state index is -0.203. The van der Waals surface area contributed by atoms with Crippen LogP contribution in [0.3, 0.4) is 0 Å². The van der Waals surface area contributed by atoms with E-state index in [9.17, 15) is 9.59 Å². The summed E-state index contributed by atoms with van der Waals surface area (Å²) in [6, 6.07) is 7.03. The third-order valence-electron chi connectivity index (χ3n) is 2.96. The molecule has 0 saturated heterocycles. The summed E-state index contributed by atoms with van der Waals surface area (Å²) >= 11 is 1.94. The van der Waals surface area contributed by atoms with E-state index in [2.05, 4.69) is 4.98 Å². The molecule has 0 atom stereocenters. The van der Waals surface area contributed by atoms with E-state index in [-0.39, 0.29) is 17.9 Å². The molecule has 0 aliphatic carbocycles. The Hall–Kier alpha value is -1.70. The van der Waals surface area contributed by atoms with Gasteiger partial charge in [0.2, 0.25) is 0 Å². The number of ether oxygens (including phenoxy) is 1. The number of hydrogen-bond acceptors (Lipinski definition) is 4. The molecule has 110 valence electrons. The normalized spacial score (nSPS) is 10.4. The molecule has 6 heteroatoms. The molecule has 1 heterocycles. The lowest BCUT2D eigenvalue weighted by Crippen LogP contribution is -2.27. The zero-order valence-corrected chi connectivity index (χ0v) is 14.0. The Morgan fingerprint density at radius 1 is 1.38 bits per heavy atom. The summed E-state index contributed by atoms with van der Waals surface area (Å²) < 4.78 is 7.29. The molecule has 2 aromatic rings. The SMILES string of the molecule is CCOc1ccccc1C(=O)Cn1cnc(C)c(I)c1=O. The predicted octanol–water partition coefficient (Wildman–Crippen LogP) is 2.44. The number of benzene rings is 1. The lowest BCUT2D eigenvalue weighted by atomic mass is 10.1. The fourth-order valence-corrected chi connectivity index (χ4v) is 2.33. The second-order valence-corrected chi connectivity index (χ2v) is 5.51. The molecule has 0 unspecified atom stereocenters. The van der Waals surface area contributed by atoms with E-state index >= 15 is 0 Å². The molecule has 2 rings (SSSR count). The van der Waals surface area contributed by atoms with Crippen LogP contribution in [0.2, 0.25) is 0 Å². The van der Waals surface area contributed by atoms with Crippen LogP contribution >= 0.6 is 22.6 Å². The van der Waals surface area contributed by atoms with Crippen molar-refractivity contribution in [2.45, 2.75) is 20.4 Å². The number of aryl methyl sites for hydroxylation is 1. The molecule has 0 amide bonds. The van der Waals surface area contributed by atoms with Crippen LogP contribution in [0.15, 0.2) is 35.4 Å². The van der Waals surface area contributed by atoms with Crippen LogP contribution in [0.5, 0.6) is 5.75 Å². The van der Waals surface area contributed by atoms with Gasteiger partial charge in [0.05, 0.1) is 34.3 Å². The quantitative estimate of drug-likeness (QED) is 0.574. The first-order chi connectivity index (χ1) is 10.0. The van der Waals surface area contributed by atoms with Crippen molar-refractivity contribution in [3.8, 4) is 5.75 Å². The summed E-state index contributed by atoms with van der Waals surface area (Å²) in [5, 5.41) is 0. The summed E-state index contributed by atoms with van der Waals surface area (Å²) in [6.07, 6.45) is 1.40. The summed E-state index contributed by atoms with van der Waals surface area (Å²) in [4.78, 5) is 28.6. The van der Waals surface area contributed by atoms with Gasteiger partial charge in [-0.05, 0) is 48.6 Å². The van der Waals surface area contributed by atoms with Crippen LogP contribution in [-0.2, 0) is 6.54 Å². The Bertz CT molecular complexity index is 725. The number of carbonyl (C=O) groups is 1. The largest absolute Gasteiger partial charge is 0.493 e. The molecule has 0 radical (unpaired) electrons. The standard InChI is InChI=1S/C15H15IN2O3/c1-3-21-13-7-5-4-6-11(13)12(19)8-18-9-17-10(2)14(16)15(18)20/h4-7,9H,3,8H2,1-2H3. The van der Waals surface area contributed by atoms with Gasteiger partial charge in [0.25, 0.3) is 5.56 Å². The molecule has 21 heavy (non-hydrogen) atoms. The van der Waals surface area contributed by atoms with E-state index in [0.29, 0.717) is 27.2 Å². The number of ketones is 1. The number of nitrogens with zero attached hydrogens (tertiary/aromatic N) is 2. The molecule has 0 fully saturated rings. The number of carbonyl (C=O) groups excluding carboxylic acids is 1. The number of Topliss-reactive ketones (excluding diaryl/α,β-unsaturated/α-hetero) is 1. The molecule has 0 spiro atoms. The Balaban J connectivity index is 2.31. The summed E-state index contributed by atoms with van der Waals surface area (Å²) in [7, 11) is 0. The average Bonchev–Trinajstić information content (AvgIpc) is 2.49. The maximum atomic E-state index is 12.4. The van der Waals surface area contributed by atoms with E-state index in [1.54, 1.807) is 25.1 Å². The molecule has 0 bridgehead atoms. The highest BCUT2D eigenvalue weighted by molar-refractivity contribution is 14.1. The fourth-order valence-electron chi connectivity index (χ4n) is 1.88. The third-order valence-corrected chi connectivity index (χ3v) is 4.20. The molecule has 0 aliphatic heterocycles. The average molecular weight is 398 g/mol. The van der Waals surface area contributed by atoms with E-state index in [1.807, 2.05) is 35.6 Å². The van der Waals surface area contributed by atoms with Gasteiger partial charge in [-0.3, -0.25) is 14.2 Å². The number of para-hydroxylation sites is 1. The van der Waals surface area contributed by atoms with Crippen LogP contribution in [0.4, 0.5) is 0 Å². The molecule has 0 saturated carbocycles. The smallest absolute Gasteiger partial charge is 0.267 e. The molecule has 0 aliphatic rings. The lowest BCUT2D eigenvalue weighted by molar-refractivity contribution is 0.0966. The summed E-state index contributed by atoms with van der Waals surface area (Å²) in [6.45, 7) is 4.05. The predicted molar refractivity (Wildman–Crippen MR) is 87.9 cm³/mol. The van der Waals surface area contributed by atoms with Gasteiger partial charge in [0, 0.05) is 0 Å². The maximum Gasteiger partial charge on any atom is 0.267 e. The van der Waals surface area contributed by atoms with Gasteiger partial charge >= 0.3 is 0 Å². The van der Waals surface area contributed by atoms with Gasteiger partial charge in [-0.25, -0.2) is 4.98 Å². The number of aromatic nitrogens is 2. The Morgan fingerprint density at radius 2 is 2.10 bits per heavy atom. The van der Waals surface area contributed by atoms with E-state index in [1.165, 1.54) is 10.9 Å². The van der Waals surface area contributed by atoms with E-state index in [4.69, 9.17) is 4.74 Å². The van der Waals surface area contributed by atoms with Crippen molar-refractivity contribution in [3.05, 3.63) is 55.8 Å². The Morgan fingerprint density at radius 3 is 2.81 bits per heavy atom. The van der Waals surface area contributed by atoms with Crippen LogP contribution in [-0.4, -0.2) is 21.9 Å². The van der Waals surface area contributed by atoms with Crippen LogP contribution < -0.4 is 10.3 Å². The summed E-state index contributed by atoms with van der Waals surface area (Å²) in [5.41, 5.74) is 0.936. The lowest BCUT2D eigenvalue weighted by Gasteiger charge is -2.10. The third kappa shape index (κ3) is 3.49. The van der Waals surface area contributed by atoms with Gasteiger partial charge in [-0.1, -0.05) is 12.1 Å². The highest BCUT2D eigenvalue weighted by Crippen LogP contribution is 2.19. The van der Waals surface area contributed by atoms with Crippen molar-refractivity contribution in [2.75, 3.05) is 6.61 Å². The molecular weight excluding hydrogens is 383 g/mol. The maximum absolute atomic E-state index is 12.4. The second kappa shape index (κ2) is 6.84. The molecule has 5 nitrogen and oxygen atoms in total. The van der Waals surface area contributed by atoms with Crippen molar-refractivity contribution in [2.24, 2.45) is 0 Å². The first-order valence-corrected chi connectivity index (χ1v) is 7.59. The Kier molecular flexibility index (Phi) is 5.11. The van der Waals surface area contributed by atoms with Gasteiger partial charge in [0.1, 0.15) is 5.75 Å².